The lowest BCUT2D eigenvalue weighted by Gasteiger charge is -2.18. The smallest absolute Gasteiger partial charge is 0.191 e. The Kier molecular flexibility index (Phi) is 8.81. The second-order valence-electron chi connectivity index (χ2n) is 7.29. The molecule has 1 aromatic rings. The Morgan fingerprint density at radius 1 is 1.32 bits per heavy atom. The molecule has 9 heteroatoms. The minimum atomic E-state index is -2.85. The summed E-state index contributed by atoms with van der Waals surface area (Å²) in [4.78, 5) is 4.24. The minimum absolute atomic E-state index is 0. The van der Waals surface area contributed by atoms with Gasteiger partial charge in [0, 0.05) is 32.1 Å². The van der Waals surface area contributed by atoms with Crippen LogP contribution in [0.1, 0.15) is 24.0 Å². The van der Waals surface area contributed by atoms with Crippen LogP contribution in [-0.2, 0) is 21.1 Å². The Hall–Kier alpha value is -1.07. The number of aryl methyl sites for hydroxylation is 1. The summed E-state index contributed by atoms with van der Waals surface area (Å²) in [5, 5.41) is 6.53. The molecule has 2 atom stereocenters. The summed E-state index contributed by atoms with van der Waals surface area (Å²) in [7, 11) is -1.14. The maximum atomic E-state index is 11.6. The highest BCUT2D eigenvalue weighted by Crippen LogP contribution is 2.24. The highest BCUT2D eigenvalue weighted by atomic mass is 127. The summed E-state index contributed by atoms with van der Waals surface area (Å²) < 4.78 is 34.7. The van der Waals surface area contributed by atoms with E-state index in [1.165, 1.54) is 0 Å². The van der Waals surface area contributed by atoms with E-state index in [4.69, 9.17) is 9.47 Å². The van der Waals surface area contributed by atoms with Gasteiger partial charge in [0.05, 0.1) is 24.7 Å². The van der Waals surface area contributed by atoms with E-state index >= 15 is 0 Å². The average molecular weight is 523 g/mol. The highest BCUT2D eigenvalue weighted by Gasteiger charge is 2.27. The topological polar surface area (TPSA) is 89.0 Å². The molecule has 0 spiro atoms. The third-order valence-corrected chi connectivity index (χ3v) is 6.80. The zero-order valence-corrected chi connectivity index (χ0v) is 19.6. The van der Waals surface area contributed by atoms with Gasteiger partial charge in [-0.05, 0) is 30.9 Å². The summed E-state index contributed by atoms with van der Waals surface area (Å²) in [6.07, 6.45) is 1.73. The number of guanidine groups is 1. The molecule has 2 unspecified atom stereocenters. The molecule has 0 bridgehead atoms. The van der Waals surface area contributed by atoms with Gasteiger partial charge in [0.1, 0.15) is 11.9 Å². The monoisotopic (exact) mass is 523 g/mol. The molecule has 28 heavy (non-hydrogen) atoms. The Labute approximate surface area is 184 Å². The van der Waals surface area contributed by atoms with Crippen molar-refractivity contribution in [1.82, 2.24) is 10.6 Å². The third kappa shape index (κ3) is 6.77. The van der Waals surface area contributed by atoms with E-state index in [0.717, 1.165) is 29.9 Å². The second-order valence-corrected chi connectivity index (χ2v) is 9.52. The van der Waals surface area contributed by atoms with Gasteiger partial charge >= 0.3 is 0 Å². The molecule has 0 aliphatic carbocycles. The number of benzene rings is 1. The lowest BCUT2D eigenvalue weighted by atomic mass is 10.1. The molecule has 2 N–H and O–H groups in total. The van der Waals surface area contributed by atoms with Gasteiger partial charge < -0.3 is 20.1 Å². The first-order chi connectivity index (χ1) is 12.9. The maximum Gasteiger partial charge on any atom is 0.191 e. The fraction of sp³-hybridized carbons (Fsp3) is 0.632. The van der Waals surface area contributed by atoms with Crippen molar-refractivity contribution in [3.05, 3.63) is 29.3 Å². The minimum Gasteiger partial charge on any atom is -0.488 e. The molecule has 2 aliphatic rings. The van der Waals surface area contributed by atoms with Crippen molar-refractivity contribution in [2.75, 3.05) is 38.3 Å². The molecule has 0 radical (unpaired) electrons. The first kappa shape index (κ1) is 23.2. The molecule has 158 valence electrons. The van der Waals surface area contributed by atoms with Crippen LogP contribution in [-0.4, -0.2) is 58.8 Å². The number of hydrogen-bond acceptors (Lipinski definition) is 5. The summed E-state index contributed by atoms with van der Waals surface area (Å²) in [5.74, 6) is 2.23. The molecular weight excluding hydrogens is 493 g/mol. The van der Waals surface area contributed by atoms with Crippen LogP contribution in [0.25, 0.3) is 0 Å². The van der Waals surface area contributed by atoms with E-state index in [-0.39, 0.29) is 41.8 Å². The molecule has 0 aromatic heterocycles. The summed E-state index contributed by atoms with van der Waals surface area (Å²) in [6.45, 7) is 4.61. The standard InChI is InChI=1S/C19H29N3O4S.HI/c1-14-3-4-16(18(9-14)26-17-5-7-25-12-17)11-22-19(20-2)21-10-15-6-8-27(23,24)13-15;/h3-4,9,15,17H,5-8,10-13H2,1-2H3,(H2,20,21,22);1H. The van der Waals surface area contributed by atoms with Crippen LogP contribution in [0.5, 0.6) is 5.75 Å². The van der Waals surface area contributed by atoms with Crippen molar-refractivity contribution in [2.45, 2.75) is 32.4 Å². The Balaban J connectivity index is 0.00000280. The molecule has 2 saturated heterocycles. The Morgan fingerprint density at radius 2 is 2.14 bits per heavy atom. The molecule has 7 nitrogen and oxygen atoms in total. The van der Waals surface area contributed by atoms with Crippen LogP contribution < -0.4 is 15.4 Å². The summed E-state index contributed by atoms with van der Waals surface area (Å²) in [6, 6.07) is 6.17. The van der Waals surface area contributed by atoms with E-state index in [0.29, 0.717) is 37.8 Å². The van der Waals surface area contributed by atoms with Crippen molar-refractivity contribution in [3.8, 4) is 5.75 Å². The van der Waals surface area contributed by atoms with E-state index in [1.807, 2.05) is 6.92 Å². The summed E-state index contributed by atoms with van der Waals surface area (Å²) >= 11 is 0. The van der Waals surface area contributed by atoms with Crippen LogP contribution in [0, 0.1) is 12.8 Å². The van der Waals surface area contributed by atoms with E-state index in [1.54, 1.807) is 7.05 Å². The van der Waals surface area contributed by atoms with Crippen molar-refractivity contribution in [1.29, 1.82) is 0 Å². The van der Waals surface area contributed by atoms with Gasteiger partial charge in [0.25, 0.3) is 0 Å². The molecular formula is C19H30IN3O4S. The number of hydrogen-bond donors (Lipinski definition) is 2. The van der Waals surface area contributed by atoms with Crippen LogP contribution >= 0.6 is 24.0 Å². The number of rotatable bonds is 6. The van der Waals surface area contributed by atoms with E-state index < -0.39 is 9.84 Å². The highest BCUT2D eigenvalue weighted by molar-refractivity contribution is 14.0. The van der Waals surface area contributed by atoms with Crippen molar-refractivity contribution in [2.24, 2.45) is 10.9 Å². The Bertz CT molecular complexity index is 779. The van der Waals surface area contributed by atoms with Gasteiger partial charge in [-0.2, -0.15) is 0 Å². The summed E-state index contributed by atoms with van der Waals surface area (Å²) in [5.41, 5.74) is 2.21. The molecule has 0 saturated carbocycles. The third-order valence-electron chi connectivity index (χ3n) is 4.96. The normalized spacial score (nSPS) is 23.9. The fourth-order valence-electron chi connectivity index (χ4n) is 3.38. The molecule has 0 amide bonds. The lowest BCUT2D eigenvalue weighted by Crippen LogP contribution is -2.39. The average Bonchev–Trinajstić information content (AvgIpc) is 3.25. The quantitative estimate of drug-likeness (QED) is 0.337. The van der Waals surface area contributed by atoms with Gasteiger partial charge in [-0.3, -0.25) is 4.99 Å². The number of sulfone groups is 1. The molecule has 2 heterocycles. The van der Waals surface area contributed by atoms with Crippen LogP contribution in [0.3, 0.4) is 0 Å². The largest absolute Gasteiger partial charge is 0.488 e. The lowest BCUT2D eigenvalue weighted by molar-refractivity contribution is 0.140. The van der Waals surface area contributed by atoms with Crippen LogP contribution in [0.2, 0.25) is 0 Å². The van der Waals surface area contributed by atoms with Gasteiger partial charge in [-0.1, -0.05) is 12.1 Å². The zero-order valence-electron chi connectivity index (χ0n) is 16.4. The van der Waals surface area contributed by atoms with Crippen LogP contribution in [0.15, 0.2) is 23.2 Å². The molecule has 3 rings (SSSR count). The number of halogens is 1. The van der Waals surface area contributed by atoms with Crippen molar-refractivity contribution >= 4 is 39.8 Å². The fourth-order valence-corrected chi connectivity index (χ4v) is 5.24. The Morgan fingerprint density at radius 3 is 2.79 bits per heavy atom. The van der Waals surface area contributed by atoms with Gasteiger partial charge in [0.15, 0.2) is 15.8 Å². The maximum absolute atomic E-state index is 11.6. The SMILES string of the molecule is CN=C(NCc1ccc(C)cc1OC1CCOC1)NCC1CCS(=O)(=O)C1.I. The van der Waals surface area contributed by atoms with Crippen LogP contribution in [0.4, 0.5) is 0 Å². The predicted molar refractivity (Wildman–Crippen MR) is 121 cm³/mol. The van der Waals surface area contributed by atoms with Crippen molar-refractivity contribution < 1.29 is 17.9 Å². The first-order valence-corrected chi connectivity index (χ1v) is 11.3. The van der Waals surface area contributed by atoms with Crippen molar-refractivity contribution in [3.63, 3.8) is 0 Å². The molecule has 1 aromatic carbocycles. The second kappa shape index (κ2) is 10.6. The van der Waals surface area contributed by atoms with E-state index in [2.05, 4.69) is 33.8 Å². The van der Waals surface area contributed by atoms with Gasteiger partial charge in [0.2, 0.25) is 0 Å². The van der Waals surface area contributed by atoms with Gasteiger partial charge in [-0.25, -0.2) is 8.42 Å². The number of aliphatic imine (C=N–C) groups is 1. The molecule has 2 fully saturated rings. The zero-order chi connectivity index (χ0) is 19.3. The number of nitrogens with zero attached hydrogens (tertiary/aromatic N) is 1. The number of nitrogens with one attached hydrogen (secondary N) is 2. The first-order valence-electron chi connectivity index (χ1n) is 9.44. The van der Waals surface area contributed by atoms with E-state index in [9.17, 15) is 8.42 Å². The predicted octanol–water partition coefficient (Wildman–Crippen LogP) is 1.88. The number of ether oxygens (including phenoxy) is 2. The molecule has 2 aliphatic heterocycles. The van der Waals surface area contributed by atoms with Gasteiger partial charge in [-0.15, -0.1) is 24.0 Å².